The van der Waals surface area contributed by atoms with Crippen LogP contribution in [-0.2, 0) is 4.74 Å². The number of piperidine rings is 1. The average Bonchev–Trinajstić information content (AvgIpc) is 3.12. The van der Waals surface area contributed by atoms with Crippen LogP contribution in [-0.4, -0.2) is 80.3 Å². The SMILES string of the molecule is Cc1cc2cnc(Nc3cnn(C4CC4(F)F)c3Cl)nc2cc1[C@H]1CCN([C@@H]2COC[C@@H]2O)C[C@@H]1F. The number of fused-ring (bicyclic) bond motifs is 1. The zero-order valence-electron chi connectivity index (χ0n) is 19.5. The van der Waals surface area contributed by atoms with Crippen molar-refractivity contribution in [3.8, 4) is 0 Å². The van der Waals surface area contributed by atoms with Crippen LogP contribution in [0.4, 0.5) is 24.8 Å². The van der Waals surface area contributed by atoms with E-state index in [1.54, 1.807) is 6.20 Å². The Balaban J connectivity index is 1.22. The number of benzene rings is 1. The van der Waals surface area contributed by atoms with Crippen molar-refractivity contribution >= 4 is 34.1 Å². The summed E-state index contributed by atoms with van der Waals surface area (Å²) in [7, 11) is 0. The van der Waals surface area contributed by atoms with Crippen molar-refractivity contribution in [1.82, 2.24) is 24.6 Å². The largest absolute Gasteiger partial charge is 0.389 e. The Labute approximate surface area is 210 Å². The third-order valence-corrected chi connectivity index (χ3v) is 7.88. The second-order valence-electron chi connectivity index (χ2n) is 9.94. The van der Waals surface area contributed by atoms with Crippen LogP contribution in [0.25, 0.3) is 10.9 Å². The van der Waals surface area contributed by atoms with Crippen molar-refractivity contribution in [2.45, 2.75) is 56.0 Å². The molecule has 3 aliphatic rings. The van der Waals surface area contributed by atoms with Gasteiger partial charge in [-0.3, -0.25) is 4.90 Å². The number of nitrogens with zero attached hydrogens (tertiary/aromatic N) is 5. The molecule has 2 aromatic heterocycles. The summed E-state index contributed by atoms with van der Waals surface area (Å²) < 4.78 is 48.7. The van der Waals surface area contributed by atoms with Gasteiger partial charge < -0.3 is 15.2 Å². The molecule has 192 valence electrons. The number of aryl methyl sites for hydroxylation is 1. The van der Waals surface area contributed by atoms with Gasteiger partial charge in [-0.1, -0.05) is 11.6 Å². The minimum atomic E-state index is -2.80. The van der Waals surface area contributed by atoms with E-state index in [0.717, 1.165) is 21.2 Å². The summed E-state index contributed by atoms with van der Waals surface area (Å²) in [6.07, 6.45) is 1.69. The van der Waals surface area contributed by atoms with Gasteiger partial charge in [0.25, 0.3) is 5.92 Å². The van der Waals surface area contributed by atoms with Crippen LogP contribution in [0.5, 0.6) is 0 Å². The minimum absolute atomic E-state index is 0.0651. The summed E-state index contributed by atoms with van der Waals surface area (Å²) in [5.74, 6) is -2.84. The van der Waals surface area contributed by atoms with Crippen LogP contribution in [0, 0.1) is 6.92 Å². The summed E-state index contributed by atoms with van der Waals surface area (Å²) in [6.45, 7) is 3.59. The van der Waals surface area contributed by atoms with Crippen LogP contribution >= 0.6 is 11.6 Å². The molecular formula is C24H26ClF3N6O2. The van der Waals surface area contributed by atoms with E-state index in [1.165, 1.54) is 6.20 Å². The number of alkyl halides is 3. The highest BCUT2D eigenvalue weighted by atomic mass is 35.5. The highest BCUT2D eigenvalue weighted by Crippen LogP contribution is 2.53. The lowest BCUT2D eigenvalue weighted by Gasteiger charge is -2.39. The molecule has 36 heavy (non-hydrogen) atoms. The molecule has 2 N–H and O–H groups in total. The predicted molar refractivity (Wildman–Crippen MR) is 128 cm³/mol. The Hall–Kier alpha value is -2.47. The van der Waals surface area contributed by atoms with E-state index in [1.807, 2.05) is 24.0 Å². The molecular weight excluding hydrogens is 497 g/mol. The second kappa shape index (κ2) is 8.83. The molecule has 1 unspecified atom stereocenters. The average molecular weight is 523 g/mol. The summed E-state index contributed by atoms with van der Waals surface area (Å²) in [6, 6.07) is 2.65. The standard InChI is InChI=1S/C24H26ClF3N6O2/c1-12-4-13-7-29-23(32-18-8-30-34(22(18)25)21-6-24(21,27)28)31-17(13)5-15(12)14-2-3-33(9-16(14)26)19-10-36-11-20(19)35/h4-5,7-8,14,16,19-21,35H,2-3,6,9-11H2,1H3,(H,29,31,32)/t14-,16+,19-,20+,21?/m1/s1. The normalized spacial score (nSPS) is 30.1. The number of ether oxygens (including phenoxy) is 1. The maximum Gasteiger partial charge on any atom is 0.272 e. The fourth-order valence-electron chi connectivity index (χ4n) is 5.36. The Morgan fingerprint density at radius 1 is 1.25 bits per heavy atom. The van der Waals surface area contributed by atoms with Gasteiger partial charge in [-0.15, -0.1) is 0 Å². The number of hydrogen-bond donors (Lipinski definition) is 2. The number of aromatic nitrogens is 4. The fraction of sp³-hybridized carbons (Fsp3) is 0.542. The number of rotatable bonds is 5. The fourth-order valence-corrected chi connectivity index (χ4v) is 5.62. The van der Waals surface area contributed by atoms with Gasteiger partial charge in [0.1, 0.15) is 12.2 Å². The number of anilines is 2. The topological polar surface area (TPSA) is 88.3 Å². The van der Waals surface area contributed by atoms with Gasteiger partial charge in [0.15, 0.2) is 5.15 Å². The van der Waals surface area contributed by atoms with Crippen molar-refractivity contribution in [3.05, 3.63) is 40.8 Å². The zero-order valence-corrected chi connectivity index (χ0v) is 20.3. The van der Waals surface area contributed by atoms with Gasteiger partial charge in [0, 0.05) is 30.5 Å². The third-order valence-electron chi connectivity index (χ3n) is 7.50. The molecule has 2 saturated heterocycles. The van der Waals surface area contributed by atoms with E-state index in [4.69, 9.17) is 16.3 Å². The molecule has 1 saturated carbocycles. The molecule has 1 aliphatic carbocycles. The van der Waals surface area contributed by atoms with Crippen LogP contribution in [0.15, 0.2) is 24.5 Å². The van der Waals surface area contributed by atoms with E-state index in [9.17, 15) is 13.9 Å². The monoisotopic (exact) mass is 522 g/mol. The number of nitrogens with one attached hydrogen (secondary N) is 1. The first kappa shape index (κ1) is 23.9. The van der Waals surface area contributed by atoms with Crippen molar-refractivity contribution in [3.63, 3.8) is 0 Å². The lowest BCUT2D eigenvalue weighted by molar-refractivity contribution is 0.0352. The molecule has 3 aromatic rings. The molecule has 12 heteroatoms. The first-order valence-corrected chi connectivity index (χ1v) is 12.4. The molecule has 8 nitrogen and oxygen atoms in total. The lowest BCUT2D eigenvalue weighted by atomic mass is 9.84. The maximum absolute atomic E-state index is 15.4. The summed E-state index contributed by atoms with van der Waals surface area (Å²) in [4.78, 5) is 10.9. The van der Waals surface area contributed by atoms with Crippen LogP contribution in [0.3, 0.4) is 0 Å². The van der Waals surface area contributed by atoms with Crippen LogP contribution in [0.2, 0.25) is 5.15 Å². The second-order valence-corrected chi connectivity index (χ2v) is 10.3. The first-order chi connectivity index (χ1) is 17.2. The molecule has 0 amide bonds. The van der Waals surface area contributed by atoms with E-state index < -0.39 is 24.2 Å². The van der Waals surface area contributed by atoms with E-state index in [0.29, 0.717) is 37.4 Å². The molecule has 0 radical (unpaired) electrons. The lowest BCUT2D eigenvalue weighted by Crippen LogP contribution is -2.50. The summed E-state index contributed by atoms with van der Waals surface area (Å²) in [5, 5.41) is 17.9. The number of aliphatic hydroxyl groups excluding tert-OH is 1. The molecule has 2 aliphatic heterocycles. The molecule has 5 atom stereocenters. The molecule has 6 rings (SSSR count). The first-order valence-electron chi connectivity index (χ1n) is 12.0. The van der Waals surface area contributed by atoms with Crippen molar-refractivity contribution in [2.75, 3.05) is 31.6 Å². The summed E-state index contributed by atoms with van der Waals surface area (Å²) >= 11 is 6.27. The Kier molecular flexibility index (Phi) is 5.86. The number of likely N-dealkylation sites (tertiary alicyclic amines) is 1. The van der Waals surface area contributed by atoms with Gasteiger partial charge in [-0.25, -0.2) is 27.8 Å². The molecule has 4 heterocycles. The van der Waals surface area contributed by atoms with E-state index >= 15 is 4.39 Å². The highest BCUT2D eigenvalue weighted by molar-refractivity contribution is 6.32. The third kappa shape index (κ3) is 4.21. The minimum Gasteiger partial charge on any atom is -0.389 e. The zero-order chi connectivity index (χ0) is 25.2. The van der Waals surface area contributed by atoms with Crippen molar-refractivity contribution in [1.29, 1.82) is 0 Å². The molecule has 0 spiro atoms. The van der Waals surface area contributed by atoms with Crippen LogP contribution in [0.1, 0.15) is 35.9 Å². The van der Waals surface area contributed by atoms with Crippen LogP contribution < -0.4 is 5.32 Å². The quantitative estimate of drug-likeness (QED) is 0.523. The van der Waals surface area contributed by atoms with Gasteiger partial charge in [-0.2, -0.15) is 5.10 Å². The molecule has 3 fully saturated rings. The van der Waals surface area contributed by atoms with Gasteiger partial charge >= 0.3 is 0 Å². The number of hydrogen-bond acceptors (Lipinski definition) is 7. The maximum atomic E-state index is 15.4. The van der Waals surface area contributed by atoms with Crippen molar-refractivity contribution in [2.24, 2.45) is 0 Å². The van der Waals surface area contributed by atoms with E-state index in [2.05, 4.69) is 20.4 Å². The number of aliphatic hydroxyl groups is 1. The molecule has 0 bridgehead atoms. The van der Waals surface area contributed by atoms with Gasteiger partial charge in [-0.05, 0) is 43.1 Å². The smallest absolute Gasteiger partial charge is 0.272 e. The Morgan fingerprint density at radius 3 is 2.75 bits per heavy atom. The van der Waals surface area contributed by atoms with Gasteiger partial charge in [0.2, 0.25) is 5.95 Å². The van der Waals surface area contributed by atoms with Gasteiger partial charge in [0.05, 0.1) is 42.8 Å². The summed E-state index contributed by atoms with van der Waals surface area (Å²) in [5.41, 5.74) is 2.83. The van der Waals surface area contributed by atoms with E-state index in [-0.39, 0.29) is 36.0 Å². The van der Waals surface area contributed by atoms with Crippen molar-refractivity contribution < 1.29 is 23.0 Å². The Morgan fingerprint density at radius 2 is 2.06 bits per heavy atom. The number of halogens is 4. The highest BCUT2D eigenvalue weighted by Gasteiger charge is 2.59. The molecule has 1 aromatic carbocycles. The predicted octanol–water partition coefficient (Wildman–Crippen LogP) is 4.00. The Bertz CT molecular complexity index is 1310.